The van der Waals surface area contributed by atoms with Gasteiger partial charge in [-0.1, -0.05) is 23.9 Å². The first-order valence-corrected chi connectivity index (χ1v) is 9.45. The van der Waals surface area contributed by atoms with Crippen molar-refractivity contribution < 1.29 is 19.4 Å². The van der Waals surface area contributed by atoms with Crippen LogP contribution in [0.5, 0.6) is 5.75 Å². The number of aryl methyl sites for hydroxylation is 1. The lowest BCUT2D eigenvalue weighted by Gasteiger charge is -2.05. The van der Waals surface area contributed by atoms with Crippen molar-refractivity contribution >= 4 is 23.5 Å². The summed E-state index contributed by atoms with van der Waals surface area (Å²) < 4.78 is 6.60. The average Bonchev–Trinajstić information content (AvgIpc) is 3.19. The molecule has 0 atom stereocenters. The first-order valence-electron chi connectivity index (χ1n) is 8.46. The Bertz CT molecular complexity index is 955. The molecule has 0 radical (unpaired) electrons. The van der Waals surface area contributed by atoms with E-state index in [4.69, 9.17) is 9.84 Å². The van der Waals surface area contributed by atoms with Gasteiger partial charge in [-0.3, -0.25) is 4.79 Å². The van der Waals surface area contributed by atoms with Gasteiger partial charge in [-0.2, -0.15) is 4.68 Å². The van der Waals surface area contributed by atoms with Crippen LogP contribution in [-0.2, 0) is 11.2 Å². The smallest absolute Gasteiger partial charge is 0.335 e. The number of carboxylic acids is 1. The molecule has 8 nitrogen and oxygen atoms in total. The van der Waals surface area contributed by atoms with E-state index in [9.17, 15) is 9.59 Å². The molecule has 0 aliphatic rings. The Morgan fingerprint density at radius 3 is 2.46 bits per heavy atom. The second kappa shape index (κ2) is 9.14. The maximum absolute atomic E-state index is 12.2. The molecule has 2 aromatic carbocycles. The number of hydrogen-bond donors (Lipinski definition) is 1. The van der Waals surface area contributed by atoms with Gasteiger partial charge < -0.3 is 9.84 Å². The van der Waals surface area contributed by atoms with E-state index in [1.807, 2.05) is 24.3 Å². The molecule has 0 aliphatic heterocycles. The predicted molar refractivity (Wildman–Crippen MR) is 103 cm³/mol. The molecule has 3 rings (SSSR count). The van der Waals surface area contributed by atoms with Crippen molar-refractivity contribution in [2.45, 2.75) is 18.0 Å². The van der Waals surface area contributed by atoms with Crippen LogP contribution in [0, 0.1) is 0 Å². The van der Waals surface area contributed by atoms with E-state index < -0.39 is 5.97 Å². The monoisotopic (exact) mass is 398 g/mol. The van der Waals surface area contributed by atoms with Crippen LogP contribution in [0.15, 0.2) is 53.7 Å². The molecule has 0 aliphatic carbocycles. The summed E-state index contributed by atoms with van der Waals surface area (Å²) in [5.74, 6) is 0.134. The highest BCUT2D eigenvalue weighted by atomic mass is 32.2. The van der Waals surface area contributed by atoms with Crippen molar-refractivity contribution in [3.8, 4) is 11.4 Å². The molecule has 0 amide bonds. The van der Waals surface area contributed by atoms with Crippen molar-refractivity contribution in [1.29, 1.82) is 0 Å². The summed E-state index contributed by atoms with van der Waals surface area (Å²) in [6.07, 6.45) is 1.08. The van der Waals surface area contributed by atoms with E-state index in [1.165, 1.54) is 28.6 Å². The zero-order valence-corrected chi connectivity index (χ0v) is 15.9. The van der Waals surface area contributed by atoms with Crippen molar-refractivity contribution in [3.63, 3.8) is 0 Å². The van der Waals surface area contributed by atoms with E-state index in [-0.39, 0.29) is 17.1 Å². The summed E-state index contributed by atoms with van der Waals surface area (Å²) in [6.45, 7) is 0. The number of hydrogen-bond acceptors (Lipinski definition) is 7. The minimum atomic E-state index is -1.000. The number of aromatic carboxylic acids is 1. The van der Waals surface area contributed by atoms with Gasteiger partial charge in [0, 0.05) is 6.42 Å². The number of methoxy groups -OCH3 is 1. The number of ether oxygens (including phenoxy) is 1. The number of thioether (sulfide) groups is 1. The van der Waals surface area contributed by atoms with E-state index in [0.29, 0.717) is 23.7 Å². The SMILES string of the molecule is COc1ccc(CCC(=O)CSc2nnnn2-c2ccc(C(=O)O)cc2)cc1. The lowest BCUT2D eigenvalue weighted by atomic mass is 10.1. The number of carbonyl (C=O) groups is 2. The summed E-state index contributed by atoms with van der Waals surface area (Å²) in [7, 11) is 1.61. The Balaban J connectivity index is 1.55. The minimum Gasteiger partial charge on any atom is -0.497 e. The fourth-order valence-corrected chi connectivity index (χ4v) is 3.26. The van der Waals surface area contributed by atoms with Crippen molar-refractivity contribution in [2.24, 2.45) is 0 Å². The average molecular weight is 398 g/mol. The largest absolute Gasteiger partial charge is 0.497 e. The van der Waals surface area contributed by atoms with Crippen molar-refractivity contribution in [2.75, 3.05) is 12.9 Å². The van der Waals surface area contributed by atoms with Gasteiger partial charge in [-0.05, 0) is 58.8 Å². The summed E-state index contributed by atoms with van der Waals surface area (Å²) >= 11 is 1.25. The molecule has 144 valence electrons. The Kier molecular flexibility index (Phi) is 6.38. The fourth-order valence-electron chi connectivity index (χ4n) is 2.47. The molecule has 0 bridgehead atoms. The molecular formula is C19H18N4O4S. The van der Waals surface area contributed by atoms with Crippen molar-refractivity contribution in [3.05, 3.63) is 59.7 Å². The third-order valence-corrected chi connectivity index (χ3v) is 4.99. The maximum atomic E-state index is 12.2. The van der Waals surface area contributed by atoms with E-state index in [0.717, 1.165) is 11.3 Å². The second-order valence-corrected chi connectivity index (χ2v) is 6.84. The highest BCUT2D eigenvalue weighted by Crippen LogP contribution is 2.20. The van der Waals surface area contributed by atoms with Gasteiger partial charge in [0.2, 0.25) is 5.16 Å². The molecule has 0 unspecified atom stereocenters. The van der Waals surface area contributed by atoms with Gasteiger partial charge in [0.1, 0.15) is 11.5 Å². The van der Waals surface area contributed by atoms with Gasteiger partial charge in [0.05, 0.1) is 24.1 Å². The summed E-state index contributed by atoms with van der Waals surface area (Å²) in [6, 6.07) is 13.8. The first kappa shape index (κ1) is 19.6. The van der Waals surface area contributed by atoms with E-state index in [2.05, 4.69) is 15.5 Å². The normalized spacial score (nSPS) is 10.6. The molecule has 0 saturated carbocycles. The van der Waals surface area contributed by atoms with Crippen LogP contribution in [0.25, 0.3) is 5.69 Å². The minimum absolute atomic E-state index is 0.0941. The summed E-state index contributed by atoms with van der Waals surface area (Å²) in [5, 5.41) is 20.9. The Morgan fingerprint density at radius 2 is 1.82 bits per heavy atom. The van der Waals surface area contributed by atoms with Crippen LogP contribution in [0.4, 0.5) is 0 Å². The highest BCUT2D eigenvalue weighted by Gasteiger charge is 2.12. The van der Waals surface area contributed by atoms with Crippen LogP contribution < -0.4 is 4.74 Å². The number of nitrogens with zero attached hydrogens (tertiary/aromatic N) is 4. The van der Waals surface area contributed by atoms with E-state index in [1.54, 1.807) is 19.2 Å². The molecule has 1 heterocycles. The Labute approximate surface area is 165 Å². The third kappa shape index (κ3) is 4.95. The lowest BCUT2D eigenvalue weighted by Crippen LogP contribution is -2.06. The molecule has 1 aromatic heterocycles. The molecule has 1 N–H and O–H groups in total. The van der Waals surface area contributed by atoms with E-state index >= 15 is 0 Å². The van der Waals surface area contributed by atoms with Crippen molar-refractivity contribution in [1.82, 2.24) is 20.2 Å². The number of Topliss-reactive ketones (excluding diaryl/α,β-unsaturated/α-hetero) is 1. The van der Waals surface area contributed by atoms with Gasteiger partial charge in [0.15, 0.2) is 0 Å². The van der Waals surface area contributed by atoms with Crippen LogP contribution in [0.2, 0.25) is 0 Å². The molecule has 3 aromatic rings. The quantitative estimate of drug-likeness (QED) is 0.548. The summed E-state index contributed by atoms with van der Waals surface area (Å²) in [5.41, 5.74) is 1.88. The lowest BCUT2D eigenvalue weighted by molar-refractivity contribution is -0.116. The number of ketones is 1. The Morgan fingerprint density at radius 1 is 1.11 bits per heavy atom. The van der Waals surface area contributed by atoms with Gasteiger partial charge in [0.25, 0.3) is 0 Å². The third-order valence-electron chi connectivity index (χ3n) is 4.01. The topological polar surface area (TPSA) is 107 Å². The van der Waals surface area contributed by atoms with Gasteiger partial charge in [-0.15, -0.1) is 5.10 Å². The number of aromatic nitrogens is 4. The fraction of sp³-hybridized carbons (Fsp3) is 0.211. The molecule has 9 heteroatoms. The van der Waals surface area contributed by atoms with Gasteiger partial charge >= 0.3 is 5.97 Å². The zero-order chi connectivity index (χ0) is 19.9. The number of tetrazole rings is 1. The Hall–Kier alpha value is -3.20. The molecule has 28 heavy (non-hydrogen) atoms. The predicted octanol–water partition coefficient (Wildman–Crippen LogP) is 2.66. The van der Waals surface area contributed by atoms with Crippen LogP contribution in [0.1, 0.15) is 22.3 Å². The molecule has 0 fully saturated rings. The number of carbonyl (C=O) groups excluding carboxylic acids is 1. The molecular weight excluding hydrogens is 380 g/mol. The standard InChI is InChI=1S/C19H18N4O4S/c1-27-17-10-3-13(4-11-17)2-9-16(24)12-28-19-20-21-22-23(19)15-7-5-14(6-8-15)18(25)26/h3-8,10-11H,2,9,12H2,1H3,(H,25,26). The maximum Gasteiger partial charge on any atom is 0.335 e. The highest BCUT2D eigenvalue weighted by molar-refractivity contribution is 7.99. The summed E-state index contributed by atoms with van der Waals surface area (Å²) in [4.78, 5) is 23.2. The first-order chi connectivity index (χ1) is 13.6. The van der Waals surface area contributed by atoms with Crippen LogP contribution in [-0.4, -0.2) is 49.9 Å². The van der Waals surface area contributed by atoms with Crippen LogP contribution in [0.3, 0.4) is 0 Å². The number of benzene rings is 2. The number of carboxylic acid groups (broad SMARTS) is 1. The second-order valence-electron chi connectivity index (χ2n) is 5.90. The molecule has 0 spiro atoms. The van der Waals surface area contributed by atoms with Crippen LogP contribution >= 0.6 is 11.8 Å². The van der Waals surface area contributed by atoms with Gasteiger partial charge in [-0.25, -0.2) is 4.79 Å². The zero-order valence-electron chi connectivity index (χ0n) is 15.1. The number of rotatable bonds is 9. The molecule has 0 saturated heterocycles.